The van der Waals surface area contributed by atoms with Gasteiger partial charge in [-0.2, -0.15) is 0 Å². The molecule has 0 radical (unpaired) electrons. The summed E-state index contributed by atoms with van der Waals surface area (Å²) in [5.74, 6) is -1.10. The molecule has 0 spiro atoms. The van der Waals surface area contributed by atoms with E-state index >= 15 is 0 Å². The molecular formula is C26H42O6. The van der Waals surface area contributed by atoms with Gasteiger partial charge in [-0.3, -0.25) is 0 Å². The molecule has 182 valence electrons. The van der Waals surface area contributed by atoms with E-state index < -0.39 is 11.9 Å². The number of esters is 2. The second kappa shape index (κ2) is 19.7. The zero-order valence-electron chi connectivity index (χ0n) is 20.1. The summed E-state index contributed by atoms with van der Waals surface area (Å²) in [6, 6.07) is 6.53. The predicted molar refractivity (Wildman–Crippen MR) is 126 cm³/mol. The highest BCUT2D eigenvalue weighted by Gasteiger charge is 2.18. The van der Waals surface area contributed by atoms with E-state index in [1.54, 1.807) is 24.3 Å². The molecule has 1 aromatic carbocycles. The first-order valence-corrected chi connectivity index (χ1v) is 12.3. The third kappa shape index (κ3) is 13.5. The summed E-state index contributed by atoms with van der Waals surface area (Å²) < 4.78 is 21.5. The van der Waals surface area contributed by atoms with Gasteiger partial charge in [-0.25, -0.2) is 9.59 Å². The van der Waals surface area contributed by atoms with Crippen LogP contribution in [0.15, 0.2) is 24.3 Å². The fourth-order valence-electron chi connectivity index (χ4n) is 3.20. The van der Waals surface area contributed by atoms with Crippen LogP contribution in [0.4, 0.5) is 0 Å². The summed E-state index contributed by atoms with van der Waals surface area (Å²) in [4.78, 5) is 24.8. The van der Waals surface area contributed by atoms with Crippen LogP contribution >= 0.6 is 0 Å². The molecule has 0 unspecified atom stereocenters. The van der Waals surface area contributed by atoms with Gasteiger partial charge in [-0.15, -0.1) is 0 Å². The Bertz CT molecular complexity index is 563. The van der Waals surface area contributed by atoms with Gasteiger partial charge >= 0.3 is 11.9 Å². The summed E-state index contributed by atoms with van der Waals surface area (Å²) in [6.07, 6.45) is 11.8. The average Bonchev–Trinajstić information content (AvgIpc) is 2.81. The maximum atomic E-state index is 12.4. The summed E-state index contributed by atoms with van der Waals surface area (Å²) in [5.41, 5.74) is 0.405. The van der Waals surface area contributed by atoms with Gasteiger partial charge < -0.3 is 18.9 Å². The van der Waals surface area contributed by atoms with Crippen LogP contribution in [0.25, 0.3) is 0 Å². The molecule has 0 bridgehead atoms. The van der Waals surface area contributed by atoms with Crippen molar-refractivity contribution in [2.45, 2.75) is 78.1 Å². The van der Waals surface area contributed by atoms with Crippen molar-refractivity contribution in [1.29, 1.82) is 0 Å². The number of ether oxygens (including phenoxy) is 4. The standard InChI is InChI=1S/C26H42O6/c1-3-5-7-9-13-17-29-19-21-31-25(27)23-15-11-12-16-24(23)26(28)32-22-20-30-18-14-10-8-6-4-2/h11-12,15-16H,3-10,13-14,17-22H2,1-2H3. The Morgan fingerprint density at radius 3 is 1.38 bits per heavy atom. The molecule has 0 saturated heterocycles. The summed E-state index contributed by atoms with van der Waals surface area (Å²) in [6.45, 7) is 6.73. The fraction of sp³-hybridized carbons (Fsp3) is 0.692. The molecule has 1 rings (SSSR count). The number of hydrogen-bond donors (Lipinski definition) is 0. The molecule has 0 saturated carbocycles. The lowest BCUT2D eigenvalue weighted by Gasteiger charge is -2.10. The van der Waals surface area contributed by atoms with Crippen LogP contribution in [-0.4, -0.2) is 51.6 Å². The zero-order chi connectivity index (χ0) is 23.3. The van der Waals surface area contributed by atoms with E-state index in [1.165, 1.54) is 38.5 Å². The van der Waals surface area contributed by atoms with Crippen LogP contribution in [0.2, 0.25) is 0 Å². The van der Waals surface area contributed by atoms with E-state index in [4.69, 9.17) is 18.9 Å². The van der Waals surface area contributed by atoms with Crippen molar-refractivity contribution >= 4 is 11.9 Å². The van der Waals surface area contributed by atoms with Crippen LogP contribution in [0, 0.1) is 0 Å². The molecule has 0 atom stereocenters. The maximum absolute atomic E-state index is 12.4. The number of unbranched alkanes of at least 4 members (excludes halogenated alkanes) is 8. The molecule has 6 nitrogen and oxygen atoms in total. The van der Waals surface area contributed by atoms with Gasteiger partial charge in [0.2, 0.25) is 0 Å². The quantitative estimate of drug-likeness (QED) is 0.180. The van der Waals surface area contributed by atoms with Crippen molar-refractivity contribution in [3.8, 4) is 0 Å². The summed E-state index contributed by atoms with van der Waals surface area (Å²) in [7, 11) is 0. The molecule has 1 aromatic rings. The van der Waals surface area contributed by atoms with Gasteiger partial charge in [0, 0.05) is 13.2 Å². The summed E-state index contributed by atoms with van der Waals surface area (Å²) in [5, 5.41) is 0. The van der Waals surface area contributed by atoms with Crippen molar-refractivity contribution in [2.24, 2.45) is 0 Å². The van der Waals surface area contributed by atoms with Crippen LogP contribution in [0.1, 0.15) is 98.8 Å². The first kappa shape index (κ1) is 28.1. The van der Waals surface area contributed by atoms with Gasteiger partial charge in [0.25, 0.3) is 0 Å². The molecule has 0 amide bonds. The highest BCUT2D eigenvalue weighted by atomic mass is 16.6. The third-order valence-corrected chi connectivity index (χ3v) is 5.07. The number of hydrogen-bond acceptors (Lipinski definition) is 6. The number of carbonyl (C=O) groups excluding carboxylic acids is 2. The highest BCUT2D eigenvalue weighted by Crippen LogP contribution is 2.12. The largest absolute Gasteiger partial charge is 0.460 e. The van der Waals surface area contributed by atoms with Crippen LogP contribution < -0.4 is 0 Å². The Hall–Kier alpha value is -1.92. The molecule has 6 heteroatoms. The second-order valence-corrected chi connectivity index (χ2v) is 7.87. The van der Waals surface area contributed by atoms with E-state index in [9.17, 15) is 9.59 Å². The SMILES string of the molecule is CCCCCCCOCCOC(=O)c1ccccc1C(=O)OCCOCCCCCCC. The average molecular weight is 451 g/mol. The van der Waals surface area contributed by atoms with Gasteiger partial charge in [-0.05, 0) is 25.0 Å². The lowest BCUT2D eigenvalue weighted by molar-refractivity contribution is 0.0274. The number of carbonyl (C=O) groups is 2. The molecule has 0 aliphatic carbocycles. The number of rotatable bonds is 20. The topological polar surface area (TPSA) is 71.1 Å². The van der Waals surface area contributed by atoms with E-state index in [0.29, 0.717) is 26.4 Å². The lowest BCUT2D eigenvalue weighted by atomic mass is 10.1. The maximum Gasteiger partial charge on any atom is 0.339 e. The minimum Gasteiger partial charge on any atom is -0.460 e. The minimum absolute atomic E-state index is 0.156. The summed E-state index contributed by atoms with van der Waals surface area (Å²) >= 11 is 0. The van der Waals surface area contributed by atoms with Crippen molar-refractivity contribution in [1.82, 2.24) is 0 Å². The molecule has 0 N–H and O–H groups in total. The van der Waals surface area contributed by atoms with Crippen LogP contribution in [0.5, 0.6) is 0 Å². The Balaban J connectivity index is 2.24. The van der Waals surface area contributed by atoms with Crippen molar-refractivity contribution in [3.05, 3.63) is 35.4 Å². The van der Waals surface area contributed by atoms with Gasteiger partial charge in [0.1, 0.15) is 13.2 Å². The first-order valence-electron chi connectivity index (χ1n) is 12.3. The van der Waals surface area contributed by atoms with E-state index in [2.05, 4.69) is 13.8 Å². The van der Waals surface area contributed by atoms with Gasteiger partial charge in [0.15, 0.2) is 0 Å². The van der Waals surface area contributed by atoms with Crippen LogP contribution in [0.3, 0.4) is 0 Å². The Morgan fingerprint density at radius 2 is 0.969 bits per heavy atom. The molecule has 0 heterocycles. The molecular weight excluding hydrogens is 408 g/mol. The van der Waals surface area contributed by atoms with Gasteiger partial charge in [0.05, 0.1) is 24.3 Å². The van der Waals surface area contributed by atoms with E-state index in [1.807, 2.05) is 0 Å². The van der Waals surface area contributed by atoms with Crippen molar-refractivity contribution in [3.63, 3.8) is 0 Å². The van der Waals surface area contributed by atoms with E-state index in [-0.39, 0.29) is 24.3 Å². The molecule has 0 fully saturated rings. The van der Waals surface area contributed by atoms with E-state index in [0.717, 1.165) is 25.7 Å². The monoisotopic (exact) mass is 450 g/mol. The Morgan fingerprint density at radius 1 is 0.562 bits per heavy atom. The zero-order valence-corrected chi connectivity index (χ0v) is 20.1. The van der Waals surface area contributed by atoms with Crippen molar-refractivity contribution < 1.29 is 28.5 Å². The molecule has 32 heavy (non-hydrogen) atoms. The number of benzene rings is 1. The Labute approximate surface area is 194 Å². The second-order valence-electron chi connectivity index (χ2n) is 7.87. The molecule has 0 aliphatic rings. The minimum atomic E-state index is -0.549. The normalized spacial score (nSPS) is 10.8. The smallest absolute Gasteiger partial charge is 0.339 e. The highest BCUT2D eigenvalue weighted by molar-refractivity contribution is 6.03. The Kier molecular flexibility index (Phi) is 17.3. The predicted octanol–water partition coefficient (Wildman–Crippen LogP) is 5.97. The molecule has 0 aliphatic heterocycles. The fourth-order valence-corrected chi connectivity index (χ4v) is 3.20. The lowest BCUT2D eigenvalue weighted by Crippen LogP contribution is -2.17. The van der Waals surface area contributed by atoms with Crippen LogP contribution in [-0.2, 0) is 18.9 Å². The molecule has 0 aromatic heterocycles. The van der Waals surface area contributed by atoms with Crippen molar-refractivity contribution in [2.75, 3.05) is 39.6 Å². The first-order chi connectivity index (χ1) is 15.7. The van der Waals surface area contributed by atoms with Gasteiger partial charge in [-0.1, -0.05) is 77.3 Å². The third-order valence-electron chi connectivity index (χ3n) is 5.07.